The van der Waals surface area contributed by atoms with Crippen molar-refractivity contribution in [1.29, 1.82) is 5.26 Å². The monoisotopic (exact) mass is 459 g/mol. The fourth-order valence-electron chi connectivity index (χ4n) is 3.67. The van der Waals surface area contributed by atoms with E-state index < -0.39 is 20.7 Å². The normalized spacial score (nSPS) is 16.2. The van der Waals surface area contributed by atoms with Crippen LogP contribution in [0.25, 0.3) is 5.76 Å². The van der Waals surface area contributed by atoms with Gasteiger partial charge in [0.05, 0.1) is 15.7 Å². The number of ether oxygens (including phenoxy) is 1. The Morgan fingerprint density at radius 1 is 0.970 bits per heavy atom. The first-order valence-electron chi connectivity index (χ1n) is 9.76. The predicted molar refractivity (Wildman–Crippen MR) is 121 cm³/mol. The first-order valence-corrected chi connectivity index (χ1v) is 11.2. The van der Waals surface area contributed by atoms with E-state index in [9.17, 15) is 23.8 Å². The van der Waals surface area contributed by atoms with E-state index in [0.29, 0.717) is 5.56 Å². The number of non-ortho nitro benzene ring substituents is 1. The van der Waals surface area contributed by atoms with Crippen LogP contribution >= 0.6 is 0 Å². The molecule has 9 heteroatoms. The Morgan fingerprint density at radius 3 is 2.21 bits per heavy atom. The molecular weight excluding hydrogens is 442 g/mol. The zero-order valence-corrected chi connectivity index (χ0v) is 17.9. The summed E-state index contributed by atoms with van der Waals surface area (Å²) in [6.45, 7) is 0. The highest BCUT2D eigenvalue weighted by atomic mass is 32.2. The molecule has 0 saturated heterocycles. The van der Waals surface area contributed by atoms with Gasteiger partial charge in [0.15, 0.2) is 5.76 Å². The van der Waals surface area contributed by atoms with Crippen molar-refractivity contribution in [3.8, 4) is 6.07 Å². The summed E-state index contributed by atoms with van der Waals surface area (Å²) in [7, 11) is -4.21. The topological polar surface area (TPSA) is 136 Å². The average Bonchev–Trinajstić information content (AvgIpc) is 2.84. The molecule has 1 atom stereocenters. The lowest BCUT2D eigenvalue weighted by Crippen LogP contribution is -2.25. The molecule has 33 heavy (non-hydrogen) atoms. The molecule has 1 aliphatic rings. The zero-order chi connectivity index (χ0) is 23.6. The lowest BCUT2D eigenvalue weighted by Gasteiger charge is -2.29. The van der Waals surface area contributed by atoms with Gasteiger partial charge in [0, 0.05) is 17.7 Å². The molecule has 0 unspecified atom stereocenters. The molecule has 0 amide bonds. The van der Waals surface area contributed by atoms with Crippen molar-refractivity contribution in [2.24, 2.45) is 5.73 Å². The minimum atomic E-state index is -4.21. The minimum absolute atomic E-state index is 0.00905. The molecule has 1 aliphatic heterocycles. The van der Waals surface area contributed by atoms with Crippen LogP contribution in [0.2, 0.25) is 0 Å². The molecule has 1 heterocycles. The van der Waals surface area contributed by atoms with Crippen molar-refractivity contribution in [3.05, 3.63) is 123 Å². The molecule has 0 radical (unpaired) electrons. The predicted octanol–water partition coefficient (Wildman–Crippen LogP) is 4.25. The summed E-state index contributed by atoms with van der Waals surface area (Å²) >= 11 is 0. The molecule has 0 bridgehead atoms. The van der Waals surface area contributed by atoms with Crippen molar-refractivity contribution in [1.82, 2.24) is 0 Å². The van der Waals surface area contributed by atoms with Crippen LogP contribution in [0.3, 0.4) is 0 Å². The summed E-state index contributed by atoms with van der Waals surface area (Å²) in [5.41, 5.74) is 6.33. The second kappa shape index (κ2) is 8.61. The van der Waals surface area contributed by atoms with Crippen molar-refractivity contribution in [2.75, 3.05) is 0 Å². The Labute approximate surface area is 189 Å². The van der Waals surface area contributed by atoms with Crippen LogP contribution in [0.15, 0.2) is 106 Å². The van der Waals surface area contributed by atoms with E-state index in [1.54, 1.807) is 48.5 Å². The maximum atomic E-state index is 13.9. The largest absolute Gasteiger partial charge is 0.439 e. The summed E-state index contributed by atoms with van der Waals surface area (Å²) in [6, 6.07) is 23.6. The van der Waals surface area contributed by atoms with Gasteiger partial charge in [0.1, 0.15) is 16.5 Å². The van der Waals surface area contributed by atoms with Gasteiger partial charge in [-0.25, -0.2) is 8.42 Å². The summed E-state index contributed by atoms with van der Waals surface area (Å²) in [6.07, 6.45) is 0. The van der Waals surface area contributed by atoms with Gasteiger partial charge in [-0.3, -0.25) is 10.1 Å². The molecule has 4 rings (SSSR count). The second-order valence-electron chi connectivity index (χ2n) is 7.15. The van der Waals surface area contributed by atoms with Crippen LogP contribution in [-0.2, 0) is 14.6 Å². The molecular formula is C24H17N3O5S. The van der Waals surface area contributed by atoms with Gasteiger partial charge in [0.2, 0.25) is 15.7 Å². The third-order valence-corrected chi connectivity index (χ3v) is 7.06. The van der Waals surface area contributed by atoms with E-state index in [1.807, 2.05) is 6.07 Å². The number of rotatable bonds is 5. The highest BCUT2D eigenvalue weighted by Crippen LogP contribution is 2.46. The van der Waals surface area contributed by atoms with E-state index in [2.05, 4.69) is 0 Å². The maximum absolute atomic E-state index is 13.9. The van der Waals surface area contributed by atoms with Crippen LogP contribution < -0.4 is 5.73 Å². The van der Waals surface area contributed by atoms with Crippen LogP contribution in [0.5, 0.6) is 0 Å². The fraction of sp³-hybridized carbons (Fsp3) is 0.0417. The Hall–Kier alpha value is -4.42. The maximum Gasteiger partial charge on any atom is 0.269 e. The Balaban J connectivity index is 2.08. The zero-order valence-electron chi connectivity index (χ0n) is 17.1. The van der Waals surface area contributed by atoms with Crippen LogP contribution in [0, 0.1) is 21.4 Å². The first kappa shape index (κ1) is 21.8. The number of hydrogen-bond acceptors (Lipinski definition) is 7. The minimum Gasteiger partial charge on any atom is -0.439 e. The summed E-state index contributed by atoms with van der Waals surface area (Å²) < 4.78 is 33.5. The lowest BCUT2D eigenvalue weighted by molar-refractivity contribution is -0.384. The van der Waals surface area contributed by atoms with Gasteiger partial charge in [-0.15, -0.1) is 0 Å². The Kier molecular flexibility index (Phi) is 5.69. The number of nitrogens with two attached hydrogens (primary N) is 1. The Bertz CT molecular complexity index is 1440. The van der Waals surface area contributed by atoms with Crippen molar-refractivity contribution in [2.45, 2.75) is 10.8 Å². The molecule has 0 fully saturated rings. The van der Waals surface area contributed by atoms with E-state index >= 15 is 0 Å². The van der Waals surface area contributed by atoms with Crippen LogP contribution in [0.1, 0.15) is 17.0 Å². The van der Waals surface area contributed by atoms with Crippen LogP contribution in [0.4, 0.5) is 5.69 Å². The van der Waals surface area contributed by atoms with Gasteiger partial charge in [-0.2, -0.15) is 5.26 Å². The SMILES string of the molecule is N#CC1=C(N)OC(c2ccccc2)=C(S(=O)(=O)c2ccccc2)[C@@H]1c1cccc([N+](=O)[O-])c1. The summed E-state index contributed by atoms with van der Waals surface area (Å²) in [4.78, 5) is 10.6. The van der Waals surface area contributed by atoms with E-state index in [4.69, 9.17) is 10.5 Å². The van der Waals surface area contributed by atoms with Crippen LogP contribution in [-0.4, -0.2) is 13.3 Å². The van der Waals surface area contributed by atoms with Gasteiger partial charge >= 0.3 is 0 Å². The number of sulfone groups is 1. The number of nitro benzene ring substituents is 1. The summed E-state index contributed by atoms with van der Waals surface area (Å²) in [5.74, 6) is -1.50. The molecule has 164 valence electrons. The molecule has 8 nitrogen and oxygen atoms in total. The van der Waals surface area contributed by atoms with Gasteiger partial charge in [-0.05, 0) is 17.7 Å². The number of allylic oxidation sites excluding steroid dienone is 2. The van der Waals surface area contributed by atoms with Gasteiger partial charge < -0.3 is 10.5 Å². The Morgan fingerprint density at radius 2 is 1.61 bits per heavy atom. The number of benzene rings is 3. The summed E-state index contributed by atoms with van der Waals surface area (Å²) in [5, 5.41) is 21.2. The molecule has 0 spiro atoms. The second-order valence-corrected chi connectivity index (χ2v) is 9.07. The lowest BCUT2D eigenvalue weighted by atomic mass is 9.88. The highest BCUT2D eigenvalue weighted by Gasteiger charge is 2.41. The molecule has 0 saturated carbocycles. The molecule has 3 aromatic rings. The van der Waals surface area contributed by atoms with Gasteiger partial charge in [-0.1, -0.05) is 60.7 Å². The third kappa shape index (κ3) is 3.95. The quantitative estimate of drug-likeness (QED) is 0.445. The fourth-order valence-corrected chi connectivity index (χ4v) is 5.41. The molecule has 3 aromatic carbocycles. The van der Waals surface area contributed by atoms with Crippen molar-refractivity contribution < 1.29 is 18.1 Å². The van der Waals surface area contributed by atoms with Crippen molar-refractivity contribution >= 4 is 21.3 Å². The number of hydrogen-bond donors (Lipinski definition) is 1. The third-order valence-electron chi connectivity index (χ3n) is 5.17. The molecule has 0 aliphatic carbocycles. The molecule has 2 N–H and O–H groups in total. The molecule has 0 aromatic heterocycles. The van der Waals surface area contributed by atoms with Gasteiger partial charge in [0.25, 0.3) is 5.69 Å². The number of nitro groups is 1. The van der Waals surface area contributed by atoms with E-state index in [-0.39, 0.29) is 38.3 Å². The average molecular weight is 459 g/mol. The van der Waals surface area contributed by atoms with E-state index in [1.165, 1.54) is 36.4 Å². The number of nitrogens with zero attached hydrogens (tertiary/aromatic N) is 2. The highest BCUT2D eigenvalue weighted by molar-refractivity contribution is 7.95. The number of nitriles is 1. The first-order chi connectivity index (χ1) is 15.8. The standard InChI is InChI=1S/C24H17N3O5S/c25-15-20-21(17-10-7-11-18(14-17)27(28)29)23(33(30,31)19-12-5-2-6-13-19)22(32-24(20)26)16-8-3-1-4-9-16/h1-14,21H,26H2/t21-/m1/s1. The smallest absolute Gasteiger partial charge is 0.269 e. The van der Waals surface area contributed by atoms with Crippen molar-refractivity contribution in [3.63, 3.8) is 0 Å². The van der Waals surface area contributed by atoms with E-state index in [0.717, 1.165) is 0 Å².